The van der Waals surface area contributed by atoms with Gasteiger partial charge in [-0.25, -0.2) is 13.6 Å². The summed E-state index contributed by atoms with van der Waals surface area (Å²) in [6.07, 6.45) is 1.16. The number of ether oxygens (including phenoxy) is 1. The molecule has 2 atom stereocenters. The number of carbonyl (C=O) groups excluding carboxylic acids is 2. The van der Waals surface area contributed by atoms with Crippen molar-refractivity contribution in [3.8, 4) is 0 Å². The minimum Gasteiger partial charge on any atom is -0.460 e. The van der Waals surface area contributed by atoms with Gasteiger partial charge in [-0.2, -0.15) is 0 Å². The Balaban J connectivity index is 1.80. The van der Waals surface area contributed by atoms with Crippen LogP contribution in [0.25, 0.3) is 0 Å². The van der Waals surface area contributed by atoms with E-state index >= 15 is 0 Å². The lowest BCUT2D eigenvalue weighted by Crippen LogP contribution is -2.39. The molecule has 5 nitrogen and oxygen atoms in total. The predicted molar refractivity (Wildman–Crippen MR) is 117 cm³/mol. The van der Waals surface area contributed by atoms with E-state index in [0.29, 0.717) is 5.57 Å². The van der Waals surface area contributed by atoms with E-state index in [9.17, 15) is 18.4 Å². The van der Waals surface area contributed by atoms with E-state index < -0.39 is 35.0 Å². The highest BCUT2D eigenvalue weighted by Crippen LogP contribution is 2.50. The minimum absolute atomic E-state index is 0.00736. The summed E-state index contributed by atoms with van der Waals surface area (Å²) in [7, 11) is 0. The summed E-state index contributed by atoms with van der Waals surface area (Å²) in [4.78, 5) is 27.8. The van der Waals surface area contributed by atoms with Crippen LogP contribution in [0, 0.1) is 17.0 Å². The predicted octanol–water partition coefficient (Wildman–Crippen LogP) is 4.86. The topological polar surface area (TPSA) is 58.6 Å². The van der Waals surface area contributed by atoms with Crippen LogP contribution in [0.2, 0.25) is 0 Å². The number of hydrogen-bond acceptors (Lipinski definition) is 4. The highest BCUT2D eigenvalue weighted by Gasteiger charge is 2.48. The van der Waals surface area contributed by atoms with Crippen molar-refractivity contribution in [2.24, 2.45) is 5.41 Å². The van der Waals surface area contributed by atoms with E-state index in [1.165, 1.54) is 17.2 Å². The van der Waals surface area contributed by atoms with Gasteiger partial charge in [0.25, 0.3) is 5.91 Å². The minimum atomic E-state index is -1.10. The maximum absolute atomic E-state index is 13.8. The maximum atomic E-state index is 13.8. The van der Waals surface area contributed by atoms with Crippen LogP contribution >= 0.6 is 0 Å². The van der Waals surface area contributed by atoms with Crippen LogP contribution in [0.5, 0.6) is 0 Å². The maximum Gasteiger partial charge on any atom is 0.337 e. The SMILES string of the molecule is CC(C)OC(=O)C1=CN(C(=O)c2ccc(F)c(F)c2)CC(C)(C)C2c3ccccc3NC12. The monoisotopic (exact) mass is 440 g/mol. The summed E-state index contributed by atoms with van der Waals surface area (Å²) in [5, 5.41) is 3.44. The van der Waals surface area contributed by atoms with Gasteiger partial charge in [0.05, 0.1) is 17.7 Å². The standard InChI is InChI=1S/C25H26F2N2O3/c1-14(2)32-24(31)17-12-29(23(30)15-9-10-18(26)19(27)11-15)13-25(3,4)21-16-7-5-6-8-20(16)28-22(17)21/h5-12,14,21-22,28H,13H2,1-4H3. The molecule has 4 rings (SSSR count). The lowest BCUT2D eigenvalue weighted by atomic mass is 9.71. The molecule has 0 bridgehead atoms. The molecular formula is C25H26F2N2O3. The van der Waals surface area contributed by atoms with E-state index in [2.05, 4.69) is 5.32 Å². The molecule has 0 radical (unpaired) electrons. The summed E-state index contributed by atoms with van der Waals surface area (Å²) in [6, 6.07) is 10.5. The van der Waals surface area contributed by atoms with Crippen molar-refractivity contribution in [2.45, 2.75) is 45.8 Å². The summed E-state index contributed by atoms with van der Waals surface area (Å²) in [5.41, 5.74) is 1.89. The van der Waals surface area contributed by atoms with Gasteiger partial charge in [0.15, 0.2) is 11.6 Å². The molecule has 2 unspecified atom stereocenters. The van der Waals surface area contributed by atoms with Crippen LogP contribution in [0.3, 0.4) is 0 Å². The van der Waals surface area contributed by atoms with Crippen molar-refractivity contribution in [3.05, 3.63) is 77.0 Å². The summed E-state index contributed by atoms with van der Waals surface area (Å²) < 4.78 is 32.7. The first kappa shape index (κ1) is 22.0. The number of fused-ring (bicyclic) bond motifs is 3. The number of anilines is 1. The van der Waals surface area contributed by atoms with Crippen LogP contribution in [0.15, 0.2) is 54.2 Å². The number of rotatable bonds is 3. The van der Waals surface area contributed by atoms with E-state index in [4.69, 9.17) is 4.74 Å². The second-order valence-electron chi connectivity index (χ2n) is 9.28. The second kappa shape index (κ2) is 8.04. The molecule has 168 valence electrons. The zero-order valence-corrected chi connectivity index (χ0v) is 18.5. The Morgan fingerprint density at radius 2 is 1.84 bits per heavy atom. The third kappa shape index (κ3) is 3.87. The Labute approximate surface area is 186 Å². The second-order valence-corrected chi connectivity index (χ2v) is 9.28. The number of amides is 1. The van der Waals surface area contributed by atoms with Crippen molar-refractivity contribution in [1.82, 2.24) is 4.90 Å². The fraction of sp³-hybridized carbons (Fsp3) is 0.360. The average molecular weight is 440 g/mol. The largest absolute Gasteiger partial charge is 0.460 e. The van der Waals surface area contributed by atoms with Crippen LogP contribution in [0.1, 0.15) is 49.5 Å². The third-order valence-corrected chi connectivity index (χ3v) is 6.00. The van der Waals surface area contributed by atoms with Gasteiger partial charge in [0, 0.05) is 29.9 Å². The Kier molecular flexibility index (Phi) is 5.53. The number of para-hydroxylation sites is 1. The lowest BCUT2D eigenvalue weighted by molar-refractivity contribution is -0.143. The molecule has 0 saturated carbocycles. The van der Waals surface area contributed by atoms with Crippen molar-refractivity contribution in [1.29, 1.82) is 0 Å². The Bertz CT molecular complexity index is 1110. The number of benzene rings is 2. The normalized spacial score (nSPS) is 21.2. The van der Waals surface area contributed by atoms with Gasteiger partial charge in [-0.05, 0) is 49.1 Å². The summed E-state index contributed by atoms with van der Waals surface area (Å²) in [6.45, 7) is 7.87. The smallest absolute Gasteiger partial charge is 0.337 e. The zero-order chi connectivity index (χ0) is 23.2. The number of carbonyl (C=O) groups is 2. The van der Waals surface area contributed by atoms with Gasteiger partial charge in [0.1, 0.15) is 0 Å². The molecule has 32 heavy (non-hydrogen) atoms. The molecule has 2 heterocycles. The number of nitrogens with zero attached hydrogens (tertiary/aromatic N) is 1. The van der Waals surface area contributed by atoms with Crippen LogP contribution in [-0.4, -0.2) is 35.5 Å². The fourth-order valence-corrected chi connectivity index (χ4v) is 4.68. The van der Waals surface area contributed by atoms with Gasteiger partial charge in [0.2, 0.25) is 0 Å². The first-order valence-electron chi connectivity index (χ1n) is 10.6. The molecule has 0 spiro atoms. The number of hydrogen-bond donors (Lipinski definition) is 1. The molecular weight excluding hydrogens is 414 g/mol. The Morgan fingerprint density at radius 3 is 2.53 bits per heavy atom. The average Bonchev–Trinajstić information content (AvgIpc) is 3.06. The van der Waals surface area contributed by atoms with Gasteiger partial charge < -0.3 is 15.0 Å². The van der Waals surface area contributed by atoms with Crippen molar-refractivity contribution in [3.63, 3.8) is 0 Å². The first-order valence-corrected chi connectivity index (χ1v) is 10.6. The molecule has 1 amide bonds. The van der Waals surface area contributed by atoms with E-state index in [-0.39, 0.29) is 24.1 Å². The van der Waals surface area contributed by atoms with Crippen LogP contribution < -0.4 is 5.32 Å². The summed E-state index contributed by atoms with van der Waals surface area (Å²) >= 11 is 0. The molecule has 1 N–H and O–H groups in total. The molecule has 0 aromatic heterocycles. The van der Waals surface area contributed by atoms with Gasteiger partial charge in [-0.3, -0.25) is 4.79 Å². The number of nitrogens with one attached hydrogen (secondary N) is 1. The Morgan fingerprint density at radius 1 is 1.12 bits per heavy atom. The molecule has 2 aliphatic rings. The van der Waals surface area contributed by atoms with Gasteiger partial charge >= 0.3 is 5.97 Å². The van der Waals surface area contributed by atoms with Gasteiger partial charge in [-0.1, -0.05) is 32.0 Å². The molecule has 7 heteroatoms. The lowest BCUT2D eigenvalue weighted by Gasteiger charge is -2.36. The molecule has 2 aromatic rings. The number of halogens is 2. The van der Waals surface area contributed by atoms with Crippen molar-refractivity contribution < 1.29 is 23.1 Å². The molecule has 0 fully saturated rings. The van der Waals surface area contributed by atoms with Crippen LogP contribution in [0.4, 0.5) is 14.5 Å². The zero-order valence-electron chi connectivity index (χ0n) is 18.5. The van der Waals surface area contributed by atoms with E-state index in [1.807, 2.05) is 38.1 Å². The van der Waals surface area contributed by atoms with Crippen molar-refractivity contribution >= 4 is 17.6 Å². The van der Waals surface area contributed by atoms with E-state index in [1.54, 1.807) is 13.8 Å². The molecule has 2 aromatic carbocycles. The van der Waals surface area contributed by atoms with Gasteiger partial charge in [-0.15, -0.1) is 0 Å². The quantitative estimate of drug-likeness (QED) is 0.693. The van der Waals surface area contributed by atoms with Crippen molar-refractivity contribution in [2.75, 3.05) is 11.9 Å². The van der Waals surface area contributed by atoms with Crippen LogP contribution in [-0.2, 0) is 9.53 Å². The highest BCUT2D eigenvalue weighted by molar-refractivity contribution is 5.97. The number of esters is 1. The highest BCUT2D eigenvalue weighted by atomic mass is 19.2. The third-order valence-electron chi connectivity index (χ3n) is 6.00. The first-order chi connectivity index (χ1) is 15.1. The Hall–Kier alpha value is -3.22. The molecule has 2 aliphatic heterocycles. The molecule has 0 aliphatic carbocycles. The summed E-state index contributed by atoms with van der Waals surface area (Å²) in [5.74, 6) is -3.26. The van der Waals surface area contributed by atoms with E-state index in [0.717, 1.165) is 23.4 Å². The molecule has 0 saturated heterocycles. The fourth-order valence-electron chi connectivity index (χ4n) is 4.68.